The van der Waals surface area contributed by atoms with Gasteiger partial charge in [0.25, 0.3) is 5.91 Å². The summed E-state index contributed by atoms with van der Waals surface area (Å²) in [6.45, 7) is 6.74. The van der Waals surface area contributed by atoms with Crippen molar-refractivity contribution in [1.82, 2.24) is 14.9 Å². The second-order valence-corrected chi connectivity index (χ2v) is 8.94. The Morgan fingerprint density at radius 2 is 1.97 bits per heavy atom. The van der Waals surface area contributed by atoms with E-state index < -0.39 is 11.7 Å². The number of carbonyl (C=O) groups excluding carboxylic acids is 2. The third kappa shape index (κ3) is 5.05. The molecule has 0 aliphatic carbocycles. The molecule has 2 aromatic carbocycles. The first kappa shape index (κ1) is 20.9. The smallest absolute Gasteiger partial charge is 0.412 e. The lowest BCUT2D eigenvalue weighted by Gasteiger charge is -2.32. The summed E-state index contributed by atoms with van der Waals surface area (Å²) in [4.78, 5) is 35.2. The fourth-order valence-electron chi connectivity index (χ4n) is 3.88. The Balaban J connectivity index is 1.45. The molecule has 1 fully saturated rings. The Kier molecular flexibility index (Phi) is 5.67. The Bertz CT molecular complexity index is 1070. The minimum absolute atomic E-state index is 0.0475. The van der Waals surface area contributed by atoms with Crippen molar-refractivity contribution in [2.24, 2.45) is 0 Å². The van der Waals surface area contributed by atoms with Gasteiger partial charge in [-0.15, -0.1) is 0 Å². The van der Waals surface area contributed by atoms with Crippen molar-refractivity contribution in [2.45, 2.75) is 45.1 Å². The van der Waals surface area contributed by atoms with E-state index in [0.717, 1.165) is 29.7 Å². The Hall–Kier alpha value is -3.35. The molecule has 2 N–H and O–H groups in total. The molecule has 0 bridgehead atoms. The van der Waals surface area contributed by atoms with Gasteiger partial charge in [0.2, 0.25) is 0 Å². The lowest BCUT2D eigenvalue weighted by atomic mass is 9.96. The van der Waals surface area contributed by atoms with Crippen LogP contribution in [0.15, 0.2) is 48.5 Å². The van der Waals surface area contributed by atoms with E-state index in [1.165, 1.54) is 0 Å². The average molecular weight is 421 g/mol. The molecule has 31 heavy (non-hydrogen) atoms. The molecule has 7 heteroatoms. The number of nitrogens with one attached hydrogen (secondary N) is 2. The summed E-state index contributed by atoms with van der Waals surface area (Å²) < 4.78 is 5.29. The number of anilines is 1. The SMILES string of the molecule is CC(C)(C)OC(=O)Nc1cccc(C(=O)N2CCC[C@H](c3nc4ccccc4[nH]3)C2)c1. The number of benzene rings is 2. The van der Waals surface area contributed by atoms with Crippen molar-refractivity contribution >= 4 is 28.7 Å². The van der Waals surface area contributed by atoms with E-state index in [4.69, 9.17) is 9.72 Å². The Morgan fingerprint density at radius 1 is 1.16 bits per heavy atom. The van der Waals surface area contributed by atoms with Crippen LogP contribution >= 0.6 is 0 Å². The van der Waals surface area contributed by atoms with Crippen molar-refractivity contribution in [3.8, 4) is 0 Å². The molecule has 0 radical (unpaired) electrons. The highest BCUT2D eigenvalue weighted by molar-refractivity contribution is 5.96. The number of fused-ring (bicyclic) bond motifs is 1. The number of aromatic amines is 1. The topological polar surface area (TPSA) is 87.3 Å². The van der Waals surface area contributed by atoms with Gasteiger partial charge in [-0.3, -0.25) is 10.1 Å². The normalized spacial score (nSPS) is 16.9. The van der Waals surface area contributed by atoms with Crippen LogP contribution < -0.4 is 5.32 Å². The first-order valence-corrected chi connectivity index (χ1v) is 10.6. The molecular formula is C24H28N4O3. The molecule has 1 aliphatic heterocycles. The maximum atomic E-state index is 13.2. The number of nitrogens with zero attached hydrogens (tertiary/aromatic N) is 2. The number of piperidine rings is 1. The number of likely N-dealkylation sites (tertiary alicyclic amines) is 1. The van der Waals surface area contributed by atoms with E-state index in [1.54, 1.807) is 45.0 Å². The standard InChI is InChI=1S/C24H28N4O3/c1-24(2,3)31-23(30)25-18-10-6-8-16(14-18)22(29)28-13-7-9-17(15-28)21-26-19-11-4-5-12-20(19)27-21/h4-6,8,10-12,14,17H,7,9,13,15H2,1-3H3,(H,25,30)(H,26,27)/t17-/m0/s1. The van der Waals surface area contributed by atoms with Crippen molar-refractivity contribution in [3.05, 3.63) is 59.9 Å². The van der Waals surface area contributed by atoms with Crippen LogP contribution in [0.2, 0.25) is 0 Å². The predicted molar refractivity (Wildman–Crippen MR) is 120 cm³/mol. The molecule has 1 aliphatic rings. The second kappa shape index (κ2) is 8.41. The quantitative estimate of drug-likeness (QED) is 0.629. The summed E-state index contributed by atoms with van der Waals surface area (Å²) in [5.41, 5.74) is 2.45. The fourth-order valence-corrected chi connectivity index (χ4v) is 3.88. The molecule has 4 rings (SSSR count). The number of H-pyrrole nitrogens is 1. The average Bonchev–Trinajstić information content (AvgIpc) is 3.16. The number of rotatable bonds is 3. The zero-order valence-corrected chi connectivity index (χ0v) is 18.1. The van der Waals surface area contributed by atoms with Crippen molar-refractivity contribution in [3.63, 3.8) is 0 Å². The lowest BCUT2D eigenvalue weighted by molar-refractivity contribution is 0.0634. The molecule has 2 heterocycles. The first-order chi connectivity index (χ1) is 14.8. The van der Waals surface area contributed by atoms with Crippen LogP contribution in [0, 0.1) is 0 Å². The molecule has 1 saturated heterocycles. The Labute approximate surface area is 181 Å². The van der Waals surface area contributed by atoms with Crippen LogP contribution in [0.5, 0.6) is 0 Å². The Morgan fingerprint density at radius 3 is 2.74 bits per heavy atom. The molecule has 1 aromatic heterocycles. The van der Waals surface area contributed by atoms with Crippen LogP contribution in [0.3, 0.4) is 0 Å². The summed E-state index contributed by atoms with van der Waals surface area (Å²) >= 11 is 0. The van der Waals surface area contributed by atoms with Gasteiger partial charge >= 0.3 is 6.09 Å². The first-order valence-electron chi connectivity index (χ1n) is 10.6. The summed E-state index contributed by atoms with van der Waals surface area (Å²) in [5.74, 6) is 1.06. The number of carbonyl (C=O) groups is 2. The number of amides is 2. The third-order valence-corrected chi connectivity index (χ3v) is 5.26. The van der Waals surface area contributed by atoms with Gasteiger partial charge in [0.1, 0.15) is 11.4 Å². The van der Waals surface area contributed by atoms with E-state index in [9.17, 15) is 9.59 Å². The molecule has 0 saturated carbocycles. The summed E-state index contributed by atoms with van der Waals surface area (Å²) in [7, 11) is 0. The van der Waals surface area contributed by atoms with Gasteiger partial charge in [0.15, 0.2) is 0 Å². The lowest BCUT2D eigenvalue weighted by Crippen LogP contribution is -2.39. The highest BCUT2D eigenvalue weighted by atomic mass is 16.6. The van der Waals surface area contributed by atoms with Crippen LogP contribution in [-0.4, -0.2) is 45.6 Å². The maximum Gasteiger partial charge on any atom is 0.412 e. The van der Waals surface area contributed by atoms with Gasteiger partial charge in [-0.05, 0) is 63.9 Å². The summed E-state index contributed by atoms with van der Waals surface area (Å²) in [6.07, 6.45) is 1.37. The highest BCUT2D eigenvalue weighted by Crippen LogP contribution is 2.28. The largest absolute Gasteiger partial charge is 0.444 e. The minimum atomic E-state index is -0.586. The number of imidazole rings is 1. The second-order valence-electron chi connectivity index (χ2n) is 8.94. The monoisotopic (exact) mass is 420 g/mol. The molecule has 0 unspecified atom stereocenters. The molecule has 2 amide bonds. The molecule has 0 spiro atoms. The van der Waals surface area contributed by atoms with E-state index in [1.807, 2.05) is 29.2 Å². The van der Waals surface area contributed by atoms with Crippen LogP contribution in [0.25, 0.3) is 11.0 Å². The molecular weight excluding hydrogens is 392 g/mol. The number of hydrogen-bond acceptors (Lipinski definition) is 4. The molecule has 1 atom stereocenters. The maximum absolute atomic E-state index is 13.2. The summed E-state index contributed by atoms with van der Waals surface area (Å²) in [6, 6.07) is 14.9. The van der Waals surface area contributed by atoms with E-state index in [-0.39, 0.29) is 11.8 Å². The van der Waals surface area contributed by atoms with Gasteiger partial charge in [-0.25, -0.2) is 9.78 Å². The van der Waals surface area contributed by atoms with Gasteiger partial charge < -0.3 is 14.6 Å². The number of aromatic nitrogens is 2. The van der Waals surface area contributed by atoms with Crippen molar-refractivity contribution in [2.75, 3.05) is 18.4 Å². The van der Waals surface area contributed by atoms with E-state index in [0.29, 0.717) is 24.3 Å². The minimum Gasteiger partial charge on any atom is -0.444 e. The van der Waals surface area contributed by atoms with Gasteiger partial charge in [0.05, 0.1) is 11.0 Å². The van der Waals surface area contributed by atoms with Crippen LogP contribution in [-0.2, 0) is 4.74 Å². The molecule has 7 nitrogen and oxygen atoms in total. The van der Waals surface area contributed by atoms with Gasteiger partial charge in [0, 0.05) is 30.3 Å². The third-order valence-electron chi connectivity index (χ3n) is 5.26. The number of ether oxygens (including phenoxy) is 1. The number of hydrogen-bond donors (Lipinski definition) is 2. The fraction of sp³-hybridized carbons (Fsp3) is 0.375. The zero-order chi connectivity index (χ0) is 22.0. The van der Waals surface area contributed by atoms with Crippen molar-refractivity contribution in [1.29, 1.82) is 0 Å². The van der Waals surface area contributed by atoms with Crippen LogP contribution in [0.1, 0.15) is 55.7 Å². The van der Waals surface area contributed by atoms with E-state index >= 15 is 0 Å². The molecule has 162 valence electrons. The van der Waals surface area contributed by atoms with Gasteiger partial charge in [-0.1, -0.05) is 18.2 Å². The van der Waals surface area contributed by atoms with E-state index in [2.05, 4.69) is 10.3 Å². The number of para-hydroxylation sites is 2. The highest BCUT2D eigenvalue weighted by Gasteiger charge is 2.27. The predicted octanol–water partition coefficient (Wildman–Crippen LogP) is 4.93. The molecule has 3 aromatic rings. The summed E-state index contributed by atoms with van der Waals surface area (Å²) in [5, 5.41) is 2.70. The van der Waals surface area contributed by atoms with Crippen LogP contribution in [0.4, 0.5) is 10.5 Å². The zero-order valence-electron chi connectivity index (χ0n) is 18.1. The van der Waals surface area contributed by atoms with Gasteiger partial charge in [-0.2, -0.15) is 0 Å². The van der Waals surface area contributed by atoms with Crippen molar-refractivity contribution < 1.29 is 14.3 Å².